The van der Waals surface area contributed by atoms with Gasteiger partial charge in [0.25, 0.3) is 0 Å². The fourth-order valence-electron chi connectivity index (χ4n) is 1.77. The van der Waals surface area contributed by atoms with Gasteiger partial charge < -0.3 is 10.1 Å². The van der Waals surface area contributed by atoms with E-state index in [1.165, 1.54) is 11.8 Å². The number of hydrogen-bond acceptors (Lipinski definition) is 4. The van der Waals surface area contributed by atoms with Crippen molar-refractivity contribution >= 4 is 23.5 Å². The maximum atomic E-state index is 11.8. The van der Waals surface area contributed by atoms with Crippen LogP contribution in [-0.4, -0.2) is 29.8 Å². The summed E-state index contributed by atoms with van der Waals surface area (Å²) >= 11 is 1.42. The standard InChI is InChI=1S/C13H15NO3S/c1-17-11-4-2-3-9(5-11)7-14-13(16)12-6-10(15)8-18-12/h2-5,12H,6-8H2,1H3,(H,14,16). The van der Waals surface area contributed by atoms with Crippen LogP contribution in [0.1, 0.15) is 12.0 Å². The van der Waals surface area contributed by atoms with Crippen molar-refractivity contribution in [3.63, 3.8) is 0 Å². The topological polar surface area (TPSA) is 55.4 Å². The van der Waals surface area contributed by atoms with E-state index in [4.69, 9.17) is 4.74 Å². The van der Waals surface area contributed by atoms with Crippen molar-refractivity contribution in [1.29, 1.82) is 0 Å². The molecule has 0 saturated carbocycles. The molecule has 2 rings (SSSR count). The van der Waals surface area contributed by atoms with Gasteiger partial charge in [0.05, 0.1) is 18.1 Å². The van der Waals surface area contributed by atoms with E-state index in [1.807, 2.05) is 24.3 Å². The average molecular weight is 265 g/mol. The first kappa shape index (κ1) is 13.0. The molecule has 1 atom stereocenters. The number of benzene rings is 1. The van der Waals surface area contributed by atoms with E-state index in [1.54, 1.807) is 7.11 Å². The van der Waals surface area contributed by atoms with Crippen molar-refractivity contribution < 1.29 is 14.3 Å². The molecule has 1 aromatic rings. The van der Waals surface area contributed by atoms with Crippen LogP contribution in [0.4, 0.5) is 0 Å². The molecule has 0 aromatic heterocycles. The van der Waals surface area contributed by atoms with E-state index in [0.29, 0.717) is 18.7 Å². The molecule has 1 aliphatic rings. The van der Waals surface area contributed by atoms with Crippen LogP contribution in [0.15, 0.2) is 24.3 Å². The Morgan fingerprint density at radius 1 is 1.56 bits per heavy atom. The van der Waals surface area contributed by atoms with E-state index < -0.39 is 0 Å². The van der Waals surface area contributed by atoms with Gasteiger partial charge in [-0.3, -0.25) is 9.59 Å². The van der Waals surface area contributed by atoms with Gasteiger partial charge in [0, 0.05) is 13.0 Å². The highest BCUT2D eigenvalue weighted by atomic mass is 32.2. The van der Waals surface area contributed by atoms with Crippen LogP contribution in [0.2, 0.25) is 0 Å². The summed E-state index contributed by atoms with van der Waals surface area (Å²) in [6.45, 7) is 0.460. The highest BCUT2D eigenvalue weighted by Crippen LogP contribution is 2.23. The molecule has 1 heterocycles. The van der Waals surface area contributed by atoms with Crippen molar-refractivity contribution in [2.24, 2.45) is 0 Å². The molecule has 1 aromatic carbocycles. The summed E-state index contributed by atoms with van der Waals surface area (Å²) in [5.74, 6) is 1.32. The van der Waals surface area contributed by atoms with Crippen LogP contribution in [-0.2, 0) is 16.1 Å². The number of hydrogen-bond donors (Lipinski definition) is 1. The van der Waals surface area contributed by atoms with Crippen LogP contribution >= 0.6 is 11.8 Å². The molecule has 1 N–H and O–H groups in total. The number of ether oxygens (including phenoxy) is 1. The molecule has 1 unspecified atom stereocenters. The molecule has 1 saturated heterocycles. The number of thioether (sulfide) groups is 1. The van der Waals surface area contributed by atoms with E-state index >= 15 is 0 Å². The van der Waals surface area contributed by atoms with E-state index in [9.17, 15) is 9.59 Å². The maximum Gasteiger partial charge on any atom is 0.233 e. The Morgan fingerprint density at radius 2 is 2.39 bits per heavy atom. The predicted molar refractivity (Wildman–Crippen MR) is 70.7 cm³/mol. The highest BCUT2D eigenvalue weighted by Gasteiger charge is 2.28. The lowest BCUT2D eigenvalue weighted by Gasteiger charge is -2.10. The molecule has 1 aliphatic heterocycles. The number of nitrogens with one attached hydrogen (secondary N) is 1. The maximum absolute atomic E-state index is 11.8. The second kappa shape index (κ2) is 5.91. The first-order valence-electron chi connectivity index (χ1n) is 5.73. The Kier molecular flexibility index (Phi) is 4.25. The minimum Gasteiger partial charge on any atom is -0.497 e. The molecule has 5 heteroatoms. The molecular formula is C13H15NO3S. The molecule has 0 bridgehead atoms. The molecule has 1 fully saturated rings. The second-order valence-electron chi connectivity index (χ2n) is 4.11. The van der Waals surface area contributed by atoms with E-state index in [2.05, 4.69) is 5.32 Å². The van der Waals surface area contributed by atoms with Crippen LogP contribution in [0.25, 0.3) is 0 Å². The zero-order valence-corrected chi connectivity index (χ0v) is 11.0. The van der Waals surface area contributed by atoms with Crippen molar-refractivity contribution in [2.45, 2.75) is 18.2 Å². The molecule has 0 aliphatic carbocycles. The fraction of sp³-hybridized carbons (Fsp3) is 0.385. The molecule has 1 amide bonds. The molecular weight excluding hydrogens is 250 g/mol. The lowest BCUT2D eigenvalue weighted by atomic mass is 10.2. The lowest BCUT2D eigenvalue weighted by Crippen LogP contribution is -2.31. The van der Waals surface area contributed by atoms with Gasteiger partial charge in [-0.2, -0.15) is 0 Å². The number of ketones is 1. The summed E-state index contributed by atoms with van der Waals surface area (Å²) in [6, 6.07) is 7.55. The number of methoxy groups -OCH3 is 1. The summed E-state index contributed by atoms with van der Waals surface area (Å²) in [4.78, 5) is 22.9. The van der Waals surface area contributed by atoms with Crippen LogP contribution in [0.3, 0.4) is 0 Å². The number of carbonyl (C=O) groups excluding carboxylic acids is 2. The van der Waals surface area contributed by atoms with Crippen LogP contribution in [0, 0.1) is 0 Å². The summed E-state index contributed by atoms with van der Waals surface area (Å²) in [5.41, 5.74) is 0.983. The molecule has 0 radical (unpaired) electrons. The first-order chi connectivity index (χ1) is 8.69. The molecule has 18 heavy (non-hydrogen) atoms. The smallest absolute Gasteiger partial charge is 0.233 e. The summed E-state index contributed by atoms with van der Waals surface area (Å²) in [6.07, 6.45) is 0.356. The zero-order valence-electron chi connectivity index (χ0n) is 10.1. The number of carbonyl (C=O) groups is 2. The second-order valence-corrected chi connectivity index (χ2v) is 5.30. The van der Waals surface area contributed by atoms with Crippen molar-refractivity contribution in [3.05, 3.63) is 29.8 Å². The van der Waals surface area contributed by atoms with Crippen LogP contribution in [0.5, 0.6) is 5.75 Å². The van der Waals surface area contributed by atoms with Crippen molar-refractivity contribution in [3.8, 4) is 5.75 Å². The summed E-state index contributed by atoms with van der Waals surface area (Å²) in [7, 11) is 1.61. The van der Waals surface area contributed by atoms with Gasteiger partial charge in [-0.25, -0.2) is 0 Å². The highest BCUT2D eigenvalue weighted by molar-refractivity contribution is 8.01. The number of Topliss-reactive ketones (excluding diaryl/α,β-unsaturated/α-hetero) is 1. The van der Waals surface area contributed by atoms with Gasteiger partial charge in [-0.1, -0.05) is 12.1 Å². The number of amides is 1. The fourth-order valence-corrected chi connectivity index (χ4v) is 2.82. The third-order valence-electron chi connectivity index (χ3n) is 2.75. The van der Waals surface area contributed by atoms with Gasteiger partial charge in [-0.15, -0.1) is 11.8 Å². The average Bonchev–Trinajstić information content (AvgIpc) is 2.83. The third kappa shape index (κ3) is 3.26. The summed E-state index contributed by atoms with van der Waals surface area (Å²) in [5, 5.41) is 2.63. The van der Waals surface area contributed by atoms with E-state index in [0.717, 1.165) is 11.3 Å². The quantitative estimate of drug-likeness (QED) is 0.893. The largest absolute Gasteiger partial charge is 0.497 e. The molecule has 4 nitrogen and oxygen atoms in total. The Bertz CT molecular complexity index is 461. The first-order valence-corrected chi connectivity index (χ1v) is 6.78. The van der Waals surface area contributed by atoms with Gasteiger partial charge in [0.15, 0.2) is 0 Å². The van der Waals surface area contributed by atoms with Crippen molar-refractivity contribution in [2.75, 3.05) is 12.9 Å². The van der Waals surface area contributed by atoms with Crippen molar-refractivity contribution in [1.82, 2.24) is 5.32 Å². The molecule has 96 valence electrons. The van der Waals surface area contributed by atoms with Gasteiger partial charge in [-0.05, 0) is 17.7 Å². The minimum absolute atomic E-state index is 0.0614. The monoisotopic (exact) mass is 265 g/mol. The molecule has 0 spiro atoms. The Balaban J connectivity index is 1.87. The SMILES string of the molecule is COc1cccc(CNC(=O)C2CC(=O)CS2)c1. The summed E-state index contributed by atoms with van der Waals surface area (Å²) < 4.78 is 5.11. The van der Waals surface area contributed by atoms with Gasteiger partial charge in [0.2, 0.25) is 5.91 Å². The third-order valence-corrected chi connectivity index (χ3v) is 4.02. The Labute approximate surface area is 110 Å². The Hall–Kier alpha value is -1.49. The van der Waals surface area contributed by atoms with Gasteiger partial charge in [0.1, 0.15) is 11.5 Å². The predicted octanol–water partition coefficient (Wildman–Crippen LogP) is 1.39. The number of rotatable bonds is 4. The van der Waals surface area contributed by atoms with E-state index in [-0.39, 0.29) is 16.9 Å². The normalized spacial score (nSPS) is 18.7. The minimum atomic E-state index is -0.219. The lowest BCUT2D eigenvalue weighted by molar-refractivity contribution is -0.123. The zero-order chi connectivity index (χ0) is 13.0. The van der Waals surface area contributed by atoms with Gasteiger partial charge >= 0.3 is 0 Å². The Morgan fingerprint density at radius 3 is 3.06 bits per heavy atom. The van der Waals surface area contributed by atoms with Crippen LogP contribution < -0.4 is 10.1 Å².